The van der Waals surface area contributed by atoms with Crippen LogP contribution in [0.4, 0.5) is 0 Å². The Kier molecular flexibility index (Phi) is 6.48. The minimum absolute atomic E-state index is 0.190. The Balaban J connectivity index is 0.00000106. The van der Waals surface area contributed by atoms with Gasteiger partial charge in [-0.1, -0.05) is 76.6 Å². The van der Waals surface area contributed by atoms with Gasteiger partial charge in [-0.25, -0.2) is 0 Å². The summed E-state index contributed by atoms with van der Waals surface area (Å²) in [5.74, 6) is 0.936. The highest BCUT2D eigenvalue weighted by Gasteiger charge is 2.10. The third-order valence-electron chi connectivity index (χ3n) is 2.91. The van der Waals surface area contributed by atoms with Gasteiger partial charge >= 0.3 is 0 Å². The van der Waals surface area contributed by atoms with E-state index >= 15 is 0 Å². The SMILES string of the molecule is CC.Cc1ccc(-c2ccc(OCC(C)(C)C)cc2)cc1. The maximum atomic E-state index is 5.78. The van der Waals surface area contributed by atoms with E-state index < -0.39 is 0 Å². The molecule has 0 aliphatic rings. The molecule has 21 heavy (non-hydrogen) atoms. The van der Waals surface area contributed by atoms with Gasteiger partial charge in [-0.05, 0) is 35.6 Å². The average molecular weight is 284 g/mol. The zero-order valence-corrected chi connectivity index (χ0v) is 14.2. The van der Waals surface area contributed by atoms with Crippen LogP contribution in [-0.4, -0.2) is 6.61 Å². The number of hydrogen-bond acceptors (Lipinski definition) is 1. The first-order chi connectivity index (χ1) is 9.94. The van der Waals surface area contributed by atoms with Gasteiger partial charge in [0.05, 0.1) is 6.61 Å². The molecule has 114 valence electrons. The van der Waals surface area contributed by atoms with Crippen LogP contribution in [0, 0.1) is 12.3 Å². The van der Waals surface area contributed by atoms with Crippen molar-refractivity contribution in [3.63, 3.8) is 0 Å². The van der Waals surface area contributed by atoms with Crippen LogP contribution < -0.4 is 4.74 Å². The van der Waals surface area contributed by atoms with E-state index in [1.165, 1.54) is 16.7 Å². The van der Waals surface area contributed by atoms with Crippen molar-refractivity contribution in [2.24, 2.45) is 5.41 Å². The molecule has 0 radical (unpaired) electrons. The molecule has 0 saturated heterocycles. The fraction of sp³-hybridized carbons (Fsp3) is 0.400. The molecule has 0 atom stereocenters. The molecule has 0 aliphatic heterocycles. The molecule has 1 heteroatoms. The van der Waals surface area contributed by atoms with Gasteiger partial charge < -0.3 is 4.74 Å². The van der Waals surface area contributed by atoms with Gasteiger partial charge in [0, 0.05) is 0 Å². The highest BCUT2D eigenvalue weighted by Crippen LogP contribution is 2.24. The van der Waals surface area contributed by atoms with E-state index in [9.17, 15) is 0 Å². The minimum Gasteiger partial charge on any atom is -0.493 e. The normalized spacial score (nSPS) is 10.6. The second-order valence-corrected chi connectivity index (χ2v) is 6.24. The highest BCUT2D eigenvalue weighted by molar-refractivity contribution is 5.64. The fourth-order valence-corrected chi connectivity index (χ4v) is 1.79. The lowest BCUT2D eigenvalue weighted by atomic mass is 9.99. The van der Waals surface area contributed by atoms with Gasteiger partial charge in [0.1, 0.15) is 5.75 Å². The Hall–Kier alpha value is -1.76. The van der Waals surface area contributed by atoms with E-state index in [-0.39, 0.29) is 5.41 Å². The van der Waals surface area contributed by atoms with Crippen molar-refractivity contribution in [3.8, 4) is 16.9 Å². The molecule has 0 amide bonds. The number of ether oxygens (including phenoxy) is 1. The summed E-state index contributed by atoms with van der Waals surface area (Å²) in [5.41, 5.74) is 3.94. The van der Waals surface area contributed by atoms with E-state index in [1.54, 1.807) is 0 Å². The molecule has 2 rings (SSSR count). The van der Waals surface area contributed by atoms with Crippen molar-refractivity contribution in [1.82, 2.24) is 0 Å². The second kappa shape index (κ2) is 7.87. The van der Waals surface area contributed by atoms with Gasteiger partial charge in [-0.3, -0.25) is 0 Å². The molecule has 0 aromatic heterocycles. The number of hydrogen-bond donors (Lipinski definition) is 0. The molecule has 2 aromatic carbocycles. The summed E-state index contributed by atoms with van der Waals surface area (Å²) in [6, 6.07) is 16.9. The van der Waals surface area contributed by atoms with Crippen LogP contribution in [0.15, 0.2) is 48.5 Å². The molecule has 2 aromatic rings. The van der Waals surface area contributed by atoms with Gasteiger partial charge in [0.15, 0.2) is 0 Å². The zero-order chi connectivity index (χ0) is 15.9. The average Bonchev–Trinajstić information content (AvgIpc) is 2.48. The Bertz CT molecular complexity index is 515. The van der Waals surface area contributed by atoms with Gasteiger partial charge in [-0.15, -0.1) is 0 Å². The first kappa shape index (κ1) is 17.3. The highest BCUT2D eigenvalue weighted by atomic mass is 16.5. The molecule has 0 aliphatic carbocycles. The third-order valence-corrected chi connectivity index (χ3v) is 2.91. The smallest absolute Gasteiger partial charge is 0.119 e. The molecule has 0 saturated carbocycles. The predicted molar refractivity (Wildman–Crippen MR) is 92.9 cm³/mol. The van der Waals surface area contributed by atoms with Crippen LogP contribution in [0.1, 0.15) is 40.2 Å². The summed E-state index contributed by atoms with van der Waals surface area (Å²) >= 11 is 0. The van der Waals surface area contributed by atoms with Gasteiger partial charge in [0.25, 0.3) is 0 Å². The Morgan fingerprint density at radius 3 is 1.62 bits per heavy atom. The molecule has 0 unspecified atom stereocenters. The zero-order valence-electron chi connectivity index (χ0n) is 14.2. The van der Waals surface area contributed by atoms with Crippen molar-refractivity contribution >= 4 is 0 Å². The molecule has 0 N–H and O–H groups in total. The molecule has 0 spiro atoms. The van der Waals surface area contributed by atoms with Crippen LogP contribution in [0.3, 0.4) is 0 Å². The Labute approximate surface area is 130 Å². The maximum Gasteiger partial charge on any atom is 0.119 e. The summed E-state index contributed by atoms with van der Waals surface area (Å²) in [5, 5.41) is 0. The second-order valence-electron chi connectivity index (χ2n) is 6.24. The fourth-order valence-electron chi connectivity index (χ4n) is 1.79. The summed E-state index contributed by atoms with van der Waals surface area (Å²) in [6.45, 7) is 13.4. The van der Waals surface area contributed by atoms with Crippen molar-refractivity contribution in [2.45, 2.75) is 41.5 Å². The number of aryl methyl sites for hydroxylation is 1. The quantitative estimate of drug-likeness (QED) is 0.660. The summed E-state index contributed by atoms with van der Waals surface area (Å²) in [4.78, 5) is 0. The molecular weight excluding hydrogens is 256 g/mol. The van der Waals surface area contributed by atoms with E-state index in [0.29, 0.717) is 0 Å². The van der Waals surface area contributed by atoms with Crippen LogP contribution in [-0.2, 0) is 0 Å². The van der Waals surface area contributed by atoms with Crippen molar-refractivity contribution in [2.75, 3.05) is 6.61 Å². The number of benzene rings is 2. The largest absolute Gasteiger partial charge is 0.493 e. The number of rotatable bonds is 3. The predicted octanol–water partition coefficient (Wildman–Crippen LogP) is 6.11. The van der Waals surface area contributed by atoms with Crippen molar-refractivity contribution in [3.05, 3.63) is 54.1 Å². The van der Waals surface area contributed by atoms with Crippen LogP contribution in [0.5, 0.6) is 5.75 Å². The molecule has 1 nitrogen and oxygen atoms in total. The molecule has 0 bridgehead atoms. The lowest BCUT2D eigenvalue weighted by molar-refractivity contribution is 0.198. The summed E-state index contributed by atoms with van der Waals surface area (Å²) in [6.07, 6.45) is 0. The lowest BCUT2D eigenvalue weighted by Gasteiger charge is -2.18. The van der Waals surface area contributed by atoms with Crippen LogP contribution in [0.25, 0.3) is 11.1 Å². The summed E-state index contributed by atoms with van der Waals surface area (Å²) < 4.78 is 5.78. The standard InChI is InChI=1S/C18H22O.C2H6/c1-14-5-7-15(8-6-14)16-9-11-17(12-10-16)19-13-18(2,3)4;1-2/h5-12H,13H2,1-4H3;1-2H3. The van der Waals surface area contributed by atoms with E-state index in [0.717, 1.165) is 12.4 Å². The summed E-state index contributed by atoms with van der Waals surface area (Å²) in [7, 11) is 0. The van der Waals surface area contributed by atoms with Crippen molar-refractivity contribution < 1.29 is 4.74 Å². The molecule has 0 heterocycles. The molecule has 0 fully saturated rings. The minimum atomic E-state index is 0.190. The van der Waals surface area contributed by atoms with E-state index in [1.807, 2.05) is 26.0 Å². The van der Waals surface area contributed by atoms with Gasteiger partial charge in [0.2, 0.25) is 0 Å². The first-order valence-corrected chi connectivity index (χ1v) is 7.74. The topological polar surface area (TPSA) is 9.23 Å². The Morgan fingerprint density at radius 2 is 1.19 bits per heavy atom. The maximum absolute atomic E-state index is 5.78. The van der Waals surface area contributed by atoms with E-state index in [4.69, 9.17) is 4.74 Å². The van der Waals surface area contributed by atoms with E-state index in [2.05, 4.69) is 64.1 Å². The van der Waals surface area contributed by atoms with Gasteiger partial charge in [-0.2, -0.15) is 0 Å². The van der Waals surface area contributed by atoms with Crippen LogP contribution >= 0.6 is 0 Å². The Morgan fingerprint density at radius 1 is 0.762 bits per heavy atom. The third kappa shape index (κ3) is 6.03. The van der Waals surface area contributed by atoms with Crippen molar-refractivity contribution in [1.29, 1.82) is 0 Å². The monoisotopic (exact) mass is 284 g/mol. The lowest BCUT2D eigenvalue weighted by Crippen LogP contribution is -2.16. The first-order valence-electron chi connectivity index (χ1n) is 7.74. The molecular formula is C20H28O. The van der Waals surface area contributed by atoms with Crippen LogP contribution in [0.2, 0.25) is 0 Å².